The molecule has 4 aromatic rings. The van der Waals surface area contributed by atoms with Crippen LogP contribution in [0.3, 0.4) is 0 Å². The molecule has 0 unspecified atom stereocenters. The van der Waals surface area contributed by atoms with Gasteiger partial charge in [0.2, 0.25) is 5.82 Å². The summed E-state index contributed by atoms with van der Waals surface area (Å²) < 4.78 is 49.0. The number of aromatic amines is 1. The molecule has 7 nitrogen and oxygen atoms in total. The fraction of sp³-hybridized carbons (Fsp3) is 0.227. The fourth-order valence-corrected chi connectivity index (χ4v) is 2.86. The number of aromatic nitrogens is 4. The lowest BCUT2D eigenvalue weighted by atomic mass is 10.2. The SMILES string of the molecule is CC(C)CNc1cn[nH]c1-c1nc(-c2ccc(Oc3ccc(C(F)(F)F)cc3)cc2)no1. The molecule has 0 fully saturated rings. The van der Waals surface area contributed by atoms with Crippen LogP contribution in [0.1, 0.15) is 19.4 Å². The summed E-state index contributed by atoms with van der Waals surface area (Å²) in [4.78, 5) is 4.42. The largest absolute Gasteiger partial charge is 0.457 e. The number of nitrogens with one attached hydrogen (secondary N) is 2. The maximum atomic E-state index is 12.7. The molecule has 4 rings (SSSR count). The van der Waals surface area contributed by atoms with E-state index >= 15 is 0 Å². The van der Waals surface area contributed by atoms with E-state index in [2.05, 4.69) is 39.5 Å². The lowest BCUT2D eigenvalue weighted by Gasteiger charge is -2.09. The van der Waals surface area contributed by atoms with Crippen LogP contribution >= 0.6 is 0 Å². The van der Waals surface area contributed by atoms with Gasteiger partial charge in [0.05, 0.1) is 17.4 Å². The van der Waals surface area contributed by atoms with Gasteiger partial charge in [-0.25, -0.2) is 0 Å². The molecule has 0 saturated carbocycles. The van der Waals surface area contributed by atoms with Crippen molar-refractivity contribution >= 4 is 5.69 Å². The molecule has 0 aliphatic heterocycles. The Hall–Kier alpha value is -3.82. The third-order valence-electron chi connectivity index (χ3n) is 4.51. The molecule has 0 bridgehead atoms. The smallest absolute Gasteiger partial charge is 0.416 e. The molecule has 0 atom stereocenters. The highest BCUT2D eigenvalue weighted by atomic mass is 19.4. The topological polar surface area (TPSA) is 88.9 Å². The fourth-order valence-electron chi connectivity index (χ4n) is 2.86. The molecule has 0 radical (unpaired) electrons. The summed E-state index contributed by atoms with van der Waals surface area (Å²) >= 11 is 0. The summed E-state index contributed by atoms with van der Waals surface area (Å²) in [5, 5.41) is 14.2. The van der Waals surface area contributed by atoms with Gasteiger partial charge in [0.1, 0.15) is 17.2 Å². The van der Waals surface area contributed by atoms with Crippen LogP contribution in [-0.2, 0) is 6.18 Å². The van der Waals surface area contributed by atoms with Crippen molar-refractivity contribution in [1.82, 2.24) is 20.3 Å². The minimum absolute atomic E-state index is 0.299. The number of alkyl halides is 3. The summed E-state index contributed by atoms with van der Waals surface area (Å²) in [7, 11) is 0. The number of nitrogens with zero attached hydrogens (tertiary/aromatic N) is 3. The average Bonchev–Trinajstić information content (AvgIpc) is 3.42. The summed E-state index contributed by atoms with van der Waals surface area (Å²) in [6.07, 6.45) is -2.72. The van der Waals surface area contributed by atoms with Gasteiger partial charge >= 0.3 is 6.18 Å². The Kier molecular flexibility index (Phi) is 5.85. The molecule has 0 saturated heterocycles. The van der Waals surface area contributed by atoms with Crippen LogP contribution in [0.2, 0.25) is 0 Å². The van der Waals surface area contributed by atoms with Crippen molar-refractivity contribution in [3.63, 3.8) is 0 Å². The van der Waals surface area contributed by atoms with Gasteiger partial charge in [-0.3, -0.25) is 5.10 Å². The van der Waals surface area contributed by atoms with Crippen LogP contribution in [0, 0.1) is 5.92 Å². The quantitative estimate of drug-likeness (QED) is 0.364. The average molecular weight is 443 g/mol. The normalized spacial score (nSPS) is 11.7. The van der Waals surface area contributed by atoms with Crippen molar-refractivity contribution in [3.05, 3.63) is 60.3 Å². The molecule has 0 amide bonds. The first-order valence-electron chi connectivity index (χ1n) is 9.86. The maximum Gasteiger partial charge on any atom is 0.416 e. The van der Waals surface area contributed by atoms with Crippen LogP contribution in [-0.4, -0.2) is 26.9 Å². The molecule has 2 aromatic carbocycles. The maximum absolute atomic E-state index is 12.7. The summed E-state index contributed by atoms with van der Waals surface area (Å²) in [6, 6.07) is 11.3. The van der Waals surface area contributed by atoms with Crippen LogP contribution in [0.25, 0.3) is 23.0 Å². The molecule has 0 aliphatic rings. The lowest BCUT2D eigenvalue weighted by Crippen LogP contribution is -2.07. The van der Waals surface area contributed by atoms with E-state index in [1.165, 1.54) is 12.1 Å². The number of anilines is 1. The van der Waals surface area contributed by atoms with Crippen LogP contribution in [0.5, 0.6) is 11.5 Å². The van der Waals surface area contributed by atoms with Gasteiger partial charge in [-0.2, -0.15) is 23.3 Å². The van der Waals surface area contributed by atoms with Gasteiger partial charge in [0.25, 0.3) is 5.89 Å². The molecule has 2 N–H and O–H groups in total. The van der Waals surface area contributed by atoms with Gasteiger partial charge in [-0.05, 0) is 54.4 Å². The van der Waals surface area contributed by atoms with E-state index in [0.717, 1.165) is 24.4 Å². The highest BCUT2D eigenvalue weighted by Gasteiger charge is 2.30. The molecular weight excluding hydrogens is 423 g/mol. The molecule has 0 spiro atoms. The first kappa shape index (κ1) is 21.4. The number of rotatable bonds is 7. The second-order valence-electron chi connectivity index (χ2n) is 7.51. The van der Waals surface area contributed by atoms with Gasteiger partial charge in [0.15, 0.2) is 0 Å². The van der Waals surface area contributed by atoms with Crippen LogP contribution < -0.4 is 10.1 Å². The van der Waals surface area contributed by atoms with Crippen molar-refractivity contribution in [2.24, 2.45) is 5.92 Å². The Bertz CT molecular complexity index is 1170. The Morgan fingerprint density at radius 2 is 1.69 bits per heavy atom. The third kappa shape index (κ3) is 4.90. The lowest BCUT2D eigenvalue weighted by molar-refractivity contribution is -0.137. The van der Waals surface area contributed by atoms with Gasteiger partial charge in [0, 0.05) is 12.1 Å². The molecule has 2 aromatic heterocycles. The Labute approximate surface area is 181 Å². The van der Waals surface area contributed by atoms with Gasteiger partial charge in [-0.1, -0.05) is 19.0 Å². The minimum atomic E-state index is -4.38. The summed E-state index contributed by atoms with van der Waals surface area (Å²) in [6.45, 7) is 4.97. The molecule has 10 heteroatoms. The number of halogens is 3. The van der Waals surface area contributed by atoms with Crippen LogP contribution in [0.15, 0.2) is 59.3 Å². The predicted octanol–water partition coefficient (Wildman–Crippen LogP) is 6.01. The molecular formula is C22H20F3N5O2. The monoisotopic (exact) mass is 443 g/mol. The highest BCUT2D eigenvalue weighted by Crippen LogP contribution is 2.32. The Morgan fingerprint density at radius 3 is 2.31 bits per heavy atom. The molecule has 2 heterocycles. The second-order valence-corrected chi connectivity index (χ2v) is 7.51. The number of hydrogen-bond acceptors (Lipinski definition) is 6. The standard InChI is InChI=1S/C22H20F3N5O2/c1-13(2)11-26-18-12-27-29-19(18)21-28-20(30-32-21)14-3-7-16(8-4-14)31-17-9-5-15(6-10-17)22(23,24)25/h3-10,12-13,26H,11H2,1-2H3,(H,27,29). The zero-order chi connectivity index (χ0) is 22.7. The number of benzene rings is 2. The van der Waals surface area contributed by atoms with Crippen molar-refractivity contribution in [1.29, 1.82) is 0 Å². The predicted molar refractivity (Wildman–Crippen MR) is 112 cm³/mol. The Balaban J connectivity index is 1.45. The van der Waals surface area contributed by atoms with Crippen molar-refractivity contribution in [2.75, 3.05) is 11.9 Å². The molecule has 166 valence electrons. The number of H-pyrrole nitrogens is 1. The van der Waals surface area contributed by atoms with Crippen molar-refractivity contribution in [2.45, 2.75) is 20.0 Å². The van der Waals surface area contributed by atoms with E-state index in [1.54, 1.807) is 30.5 Å². The zero-order valence-corrected chi connectivity index (χ0v) is 17.3. The molecule has 0 aliphatic carbocycles. The van der Waals surface area contributed by atoms with Gasteiger partial charge in [-0.15, -0.1) is 0 Å². The van der Waals surface area contributed by atoms with E-state index in [1.807, 2.05) is 0 Å². The van der Waals surface area contributed by atoms with E-state index in [-0.39, 0.29) is 0 Å². The van der Waals surface area contributed by atoms with E-state index in [4.69, 9.17) is 9.26 Å². The zero-order valence-electron chi connectivity index (χ0n) is 17.3. The number of hydrogen-bond donors (Lipinski definition) is 2. The first-order chi connectivity index (χ1) is 15.3. The minimum Gasteiger partial charge on any atom is -0.457 e. The van der Waals surface area contributed by atoms with E-state index in [9.17, 15) is 13.2 Å². The summed E-state index contributed by atoms with van der Waals surface area (Å²) in [5.41, 5.74) is 1.34. The summed E-state index contributed by atoms with van der Waals surface area (Å²) in [5.74, 6) is 1.90. The van der Waals surface area contributed by atoms with Crippen molar-refractivity contribution in [3.8, 4) is 34.5 Å². The van der Waals surface area contributed by atoms with Crippen LogP contribution in [0.4, 0.5) is 18.9 Å². The highest BCUT2D eigenvalue weighted by molar-refractivity contribution is 5.69. The third-order valence-corrected chi connectivity index (χ3v) is 4.51. The van der Waals surface area contributed by atoms with E-state index < -0.39 is 11.7 Å². The van der Waals surface area contributed by atoms with E-state index in [0.29, 0.717) is 40.4 Å². The first-order valence-corrected chi connectivity index (χ1v) is 9.86. The number of ether oxygens (including phenoxy) is 1. The van der Waals surface area contributed by atoms with Gasteiger partial charge < -0.3 is 14.6 Å². The molecule has 32 heavy (non-hydrogen) atoms. The van der Waals surface area contributed by atoms with Crippen molar-refractivity contribution < 1.29 is 22.4 Å². The second kappa shape index (κ2) is 8.74. The Morgan fingerprint density at radius 1 is 1.03 bits per heavy atom.